The van der Waals surface area contributed by atoms with E-state index in [1.807, 2.05) is 20.8 Å². The molecule has 138 heavy (non-hydrogen) atoms. The fourth-order valence-corrected chi connectivity index (χ4v) is 24.3. The fourth-order valence-electron chi connectivity index (χ4n) is 24.3. The normalized spacial score (nSPS) is 52.2. The van der Waals surface area contributed by atoms with E-state index in [9.17, 15) is 132 Å². The van der Waals surface area contributed by atoms with E-state index < -0.39 is 372 Å². The van der Waals surface area contributed by atoms with Gasteiger partial charge in [-0.2, -0.15) is 5.10 Å². The van der Waals surface area contributed by atoms with Crippen LogP contribution in [0.25, 0.3) is 0 Å². The van der Waals surface area contributed by atoms with Crippen LogP contribution in [0.2, 0.25) is 0 Å². The second-order valence-corrected chi connectivity index (χ2v) is 41.5. The summed E-state index contributed by atoms with van der Waals surface area (Å²) in [5.74, 6) is -5.40. The summed E-state index contributed by atoms with van der Waals surface area (Å²) >= 11 is 0. The van der Waals surface area contributed by atoms with Gasteiger partial charge < -0.3 is 217 Å². The van der Waals surface area contributed by atoms with Gasteiger partial charge in [-0.25, -0.2) is 15.0 Å². The van der Waals surface area contributed by atoms with Crippen molar-refractivity contribution in [2.45, 2.75) is 397 Å². The van der Waals surface area contributed by atoms with Crippen molar-refractivity contribution in [2.75, 3.05) is 59.3 Å². The molecule has 0 aromatic carbocycles. The SMILES string of the molecule is CC(=O)OC1C(C)OC(OC2C(C)OC(OC(=O)[C@]34CCC(C)(C)CC3C3=CCC5[C@@]6(C)CC[C@H](OC7OC(C(=O)O)C(O)C(OC8OCC(O)C(O)C8O)C7OC7OC(CO)C(O)C(O)C7O)[C@@](C)(/C=N/NC(=O)N7CCOCC7)C6CC[C@@]5(C)[C@]3(C)C[C@H]4O)C(OC3OC(C)C(OC4OCC(O)C(OC5OC(CO)C(O)C(O)C5O)C4O)C(O)C3O)C2O)C(O)C1OC1OCC(O)C(O)C1O. The first-order chi connectivity index (χ1) is 65.0. The number of hydrazone groups is 1. The zero-order valence-electron chi connectivity index (χ0n) is 78.0. The first kappa shape index (κ1) is 108. The molecule has 0 aromatic rings. The third-order valence-electron chi connectivity index (χ3n) is 32.5. The van der Waals surface area contributed by atoms with E-state index in [-0.39, 0.29) is 57.9 Å². The third-order valence-corrected chi connectivity index (χ3v) is 32.5. The van der Waals surface area contributed by atoms with E-state index in [2.05, 4.69) is 37.4 Å². The summed E-state index contributed by atoms with van der Waals surface area (Å²) in [5, 5.41) is 264. The number of fused-ring (bicyclic) bond motifs is 7. The van der Waals surface area contributed by atoms with Crippen molar-refractivity contribution in [1.82, 2.24) is 10.3 Å². The Hall–Kier alpha value is -4.51. The molecule has 10 heterocycles. The lowest BCUT2D eigenvalue weighted by Crippen LogP contribution is -2.69. The van der Waals surface area contributed by atoms with E-state index in [1.54, 1.807) is 0 Å². The van der Waals surface area contributed by atoms with E-state index in [1.165, 1.54) is 31.9 Å². The molecular formula is C88H139N3O47. The van der Waals surface area contributed by atoms with Crippen LogP contribution in [0.1, 0.15) is 127 Å². The van der Waals surface area contributed by atoms with Gasteiger partial charge >= 0.3 is 23.9 Å². The smallest absolute Gasteiger partial charge is 0.337 e. The maximum absolute atomic E-state index is 16.6. The second kappa shape index (κ2) is 42.4. The first-order valence-electron chi connectivity index (χ1n) is 47.3. The van der Waals surface area contributed by atoms with Gasteiger partial charge in [-0.15, -0.1) is 0 Å². The van der Waals surface area contributed by atoms with Gasteiger partial charge in [0.1, 0.15) is 170 Å². The number of allylic oxidation sites excluding steroid dienone is 2. The standard InChI is InChI=1S/C88H139N3O47/c1-31-62(130-74-60(113)65(39(97)29-122-74)132-76-55(108)50(103)48(101)40(25-92)127-76)52(105)57(110)75(123-31)136-69-58(111)63(131-78-61(114)67(64(33(3)124-78)126-34(4)94)134-73-54(107)47(100)38(96)28-121-73)32(2)125-79(69)138-81(117)88-18-17-83(5,6)23-36(88)35-11-12-43-84(7)15-14-45(85(8,30-89-90-82(118)91-19-21-119-22-20-91)42(84)13-16-86(43,9)87(35,10)24-44(88)98)129-80-70(137-77-56(109)51(104)49(102)41(26-93)128-77)66(59(112)68(135-80)71(115)116)133-72-53(106)46(99)37(95)27-120-72/h11,30-33,36-70,72-80,92-93,95-114H,12-29H2,1-10H3,(H,90,118)(H,115,116)/b89-30+/t31?,32?,33?,36?,37?,38?,39?,40?,41?,42?,43?,44-,45+,46?,47?,48?,49?,50?,51?,52?,53?,54?,55?,56?,57?,58?,59?,60?,61?,62?,63?,64?,65?,66?,67?,68?,69?,70?,72?,73?,74?,75?,76?,77?,78?,79?,80?,84+,85+,86-,87-,88-/m1/s1. The number of aliphatic hydroxyl groups is 22. The number of urea groups is 1. The van der Waals surface area contributed by atoms with E-state index in [0.717, 1.165) is 12.5 Å². The van der Waals surface area contributed by atoms with Gasteiger partial charge in [0, 0.05) is 31.6 Å². The van der Waals surface area contributed by atoms with Crippen molar-refractivity contribution < 1.29 is 231 Å². The number of carboxylic acids is 1. The van der Waals surface area contributed by atoms with Crippen LogP contribution in [0.4, 0.5) is 4.79 Å². The molecule has 788 valence electrons. The number of hydrogen-bond donors (Lipinski definition) is 24. The molecule has 0 radical (unpaired) electrons. The highest BCUT2D eigenvalue weighted by Crippen LogP contribution is 2.76. The number of nitrogens with one attached hydrogen (secondary N) is 1. The molecule has 14 fully saturated rings. The number of ether oxygens (including phenoxy) is 20. The zero-order chi connectivity index (χ0) is 100. The van der Waals surface area contributed by atoms with Gasteiger partial charge in [0.25, 0.3) is 0 Å². The second-order valence-electron chi connectivity index (χ2n) is 41.5. The molecule has 24 N–H and O–H groups in total. The van der Waals surface area contributed by atoms with Crippen molar-refractivity contribution in [3.05, 3.63) is 11.6 Å². The van der Waals surface area contributed by atoms with Gasteiger partial charge in [0.2, 0.25) is 6.29 Å². The maximum Gasteiger partial charge on any atom is 0.337 e. The fraction of sp³-hybridized carbons (Fsp3) is 0.920. The van der Waals surface area contributed by atoms with Gasteiger partial charge in [0.05, 0.1) is 76.8 Å². The number of morpholine rings is 1. The molecular weight excluding hydrogens is 1850 g/mol. The number of carbonyl (C=O) groups excluding carboxylic acids is 3. The summed E-state index contributed by atoms with van der Waals surface area (Å²) in [4.78, 5) is 58.1. The van der Waals surface area contributed by atoms with Crippen LogP contribution in [0, 0.1) is 50.2 Å². The maximum atomic E-state index is 16.6. The quantitative estimate of drug-likeness (QED) is 0.0140. The Morgan fingerprint density at radius 3 is 1.51 bits per heavy atom. The molecule has 0 aromatic heterocycles. The van der Waals surface area contributed by atoms with Crippen molar-refractivity contribution in [1.29, 1.82) is 0 Å². The number of esters is 2. The lowest BCUT2D eigenvalue weighted by molar-refractivity contribution is -0.392. The van der Waals surface area contributed by atoms with Gasteiger partial charge in [-0.05, 0) is 118 Å². The number of hydrogen-bond acceptors (Lipinski definition) is 47. The Labute approximate surface area is 792 Å². The first-order valence-corrected chi connectivity index (χ1v) is 47.3. The summed E-state index contributed by atoms with van der Waals surface area (Å²) in [6.45, 7) is 14.7. The minimum absolute atomic E-state index is 0.00727. The molecule has 4 saturated carbocycles. The van der Waals surface area contributed by atoms with Gasteiger partial charge in [0.15, 0.2) is 68.6 Å². The number of aliphatic carboxylic acids is 1. The molecule has 5 aliphatic carbocycles. The third kappa shape index (κ3) is 20.0. The molecule has 10 saturated heterocycles. The van der Waals surface area contributed by atoms with Crippen LogP contribution < -0.4 is 5.43 Å². The molecule has 0 spiro atoms. The Bertz CT molecular complexity index is 4200. The summed E-state index contributed by atoms with van der Waals surface area (Å²) in [6.07, 6.45) is -76.4. The highest BCUT2D eigenvalue weighted by atomic mass is 16.8. The number of carboxylic acid groups (broad SMARTS) is 1. The highest BCUT2D eigenvalue weighted by molar-refractivity contribution is 5.80. The van der Waals surface area contributed by atoms with Crippen LogP contribution in [0.3, 0.4) is 0 Å². The monoisotopic (exact) mass is 1990 g/mol. The molecule has 15 aliphatic rings. The summed E-state index contributed by atoms with van der Waals surface area (Å²) < 4.78 is 121. The summed E-state index contributed by atoms with van der Waals surface area (Å²) in [7, 11) is 0. The lowest BCUT2D eigenvalue weighted by Gasteiger charge is -2.71. The minimum atomic E-state index is -2.29. The molecule has 50 heteroatoms. The largest absolute Gasteiger partial charge is 0.479 e. The minimum Gasteiger partial charge on any atom is -0.479 e. The molecule has 45 unspecified atom stereocenters. The average molecular weight is 1990 g/mol. The number of rotatable bonds is 24. The average Bonchev–Trinajstić information content (AvgIpc) is 0.667. The van der Waals surface area contributed by atoms with Crippen molar-refractivity contribution in [3.63, 3.8) is 0 Å². The van der Waals surface area contributed by atoms with Crippen molar-refractivity contribution >= 4 is 30.2 Å². The predicted molar refractivity (Wildman–Crippen MR) is 449 cm³/mol. The Morgan fingerprint density at radius 1 is 0.457 bits per heavy atom. The highest BCUT2D eigenvalue weighted by Gasteiger charge is 2.74. The Kier molecular flexibility index (Phi) is 33.1. The Morgan fingerprint density at radius 2 is 0.935 bits per heavy atom. The van der Waals surface area contributed by atoms with Crippen LogP contribution in [0.5, 0.6) is 0 Å². The van der Waals surface area contributed by atoms with E-state index in [4.69, 9.17) is 94.7 Å². The lowest BCUT2D eigenvalue weighted by atomic mass is 9.33. The van der Waals surface area contributed by atoms with Crippen LogP contribution in [-0.2, 0) is 109 Å². The predicted octanol–water partition coefficient (Wildman–Crippen LogP) is -9.27. The van der Waals surface area contributed by atoms with Crippen molar-refractivity contribution in [2.24, 2.45) is 55.3 Å². The van der Waals surface area contributed by atoms with Gasteiger partial charge in [-0.1, -0.05) is 53.2 Å². The molecule has 52 atom stereocenters. The Balaban J connectivity index is 0.733. The molecule has 15 rings (SSSR count). The number of amides is 2. The molecule has 50 nitrogen and oxygen atoms in total. The van der Waals surface area contributed by atoms with Crippen LogP contribution in [0.15, 0.2) is 16.8 Å². The van der Waals surface area contributed by atoms with Crippen molar-refractivity contribution in [3.8, 4) is 0 Å². The summed E-state index contributed by atoms with van der Waals surface area (Å²) in [5.41, 5.74) is -2.90. The summed E-state index contributed by atoms with van der Waals surface area (Å²) in [6, 6.07) is -0.583. The van der Waals surface area contributed by atoms with Crippen LogP contribution in [-0.4, -0.2) is 482 Å². The van der Waals surface area contributed by atoms with Gasteiger partial charge in [-0.3, -0.25) is 9.59 Å². The van der Waals surface area contributed by atoms with E-state index in [0.29, 0.717) is 32.1 Å². The molecule has 10 aliphatic heterocycles. The zero-order valence-corrected chi connectivity index (χ0v) is 78.0. The number of aliphatic hydroxyl groups excluding tert-OH is 22. The number of carbonyl (C=O) groups is 4. The molecule has 2 amide bonds. The van der Waals surface area contributed by atoms with E-state index >= 15 is 4.79 Å². The van der Waals surface area contributed by atoms with Crippen LogP contribution >= 0.6 is 0 Å². The molecule has 0 bridgehead atoms. The topological polar surface area (TPSA) is 746 Å². The number of nitrogens with zero attached hydrogens (tertiary/aromatic N) is 2.